The molecule has 9 aromatic rings. The zero-order valence-corrected chi connectivity index (χ0v) is 26.0. The molecule has 0 unspecified atom stereocenters. The van der Waals surface area contributed by atoms with Gasteiger partial charge in [-0.25, -0.2) is 9.97 Å². The lowest BCUT2D eigenvalue weighted by atomic mass is 9.80. The Morgan fingerprint density at radius 1 is 0.553 bits per heavy atom. The molecule has 0 aliphatic heterocycles. The van der Waals surface area contributed by atoms with Crippen LogP contribution in [0, 0.1) is 0 Å². The maximum atomic E-state index is 6.49. The van der Waals surface area contributed by atoms with Crippen LogP contribution >= 0.6 is 0 Å². The number of nitrogens with zero attached hydrogens (tertiary/aromatic N) is 3. The van der Waals surface area contributed by atoms with Crippen LogP contribution in [0.5, 0.6) is 0 Å². The molecule has 47 heavy (non-hydrogen) atoms. The van der Waals surface area contributed by atoms with Crippen molar-refractivity contribution in [1.82, 2.24) is 14.5 Å². The van der Waals surface area contributed by atoms with Crippen LogP contribution in [0.25, 0.3) is 83.3 Å². The molecule has 0 amide bonds. The second-order valence-electron chi connectivity index (χ2n) is 13.0. The van der Waals surface area contributed by atoms with E-state index in [4.69, 9.17) is 14.4 Å². The molecule has 0 saturated carbocycles. The van der Waals surface area contributed by atoms with Gasteiger partial charge in [-0.1, -0.05) is 123 Å². The van der Waals surface area contributed by atoms with Crippen LogP contribution in [0.4, 0.5) is 0 Å². The van der Waals surface area contributed by atoms with Gasteiger partial charge in [0.25, 0.3) is 0 Å². The molecule has 0 atom stereocenters. The molecule has 4 heteroatoms. The summed E-state index contributed by atoms with van der Waals surface area (Å²) in [4.78, 5) is 10.6. The van der Waals surface area contributed by atoms with Gasteiger partial charge in [-0.3, -0.25) is 4.57 Å². The lowest BCUT2D eigenvalue weighted by molar-refractivity contribution is 0.666. The summed E-state index contributed by atoms with van der Waals surface area (Å²) in [6.07, 6.45) is 0. The van der Waals surface area contributed by atoms with Gasteiger partial charge in [-0.05, 0) is 52.6 Å². The zero-order chi connectivity index (χ0) is 31.3. The molecule has 1 aliphatic rings. The van der Waals surface area contributed by atoms with Crippen LogP contribution in [-0.4, -0.2) is 14.5 Å². The van der Waals surface area contributed by atoms with Gasteiger partial charge in [0.05, 0.1) is 22.4 Å². The average molecular weight is 604 g/mol. The Bertz CT molecular complexity index is 2710. The number of fused-ring (bicyclic) bond motifs is 10. The van der Waals surface area contributed by atoms with Crippen molar-refractivity contribution in [1.29, 1.82) is 0 Å². The van der Waals surface area contributed by atoms with E-state index in [1.165, 1.54) is 33.0 Å². The lowest BCUT2D eigenvalue weighted by Gasteiger charge is -2.22. The van der Waals surface area contributed by atoms with E-state index in [0.29, 0.717) is 5.95 Å². The minimum atomic E-state index is -0.158. The number of furan rings is 1. The highest BCUT2D eigenvalue weighted by Crippen LogP contribution is 2.53. The second-order valence-corrected chi connectivity index (χ2v) is 13.0. The Labute approximate surface area is 271 Å². The molecule has 0 N–H and O–H groups in total. The van der Waals surface area contributed by atoms with Gasteiger partial charge in [0.2, 0.25) is 5.95 Å². The number of hydrogen-bond donors (Lipinski definition) is 0. The highest BCUT2D eigenvalue weighted by molar-refractivity contribution is 6.14. The largest absolute Gasteiger partial charge is 0.455 e. The minimum Gasteiger partial charge on any atom is -0.455 e. The number of aromatic nitrogens is 3. The molecule has 1 aliphatic carbocycles. The van der Waals surface area contributed by atoms with Gasteiger partial charge in [0.1, 0.15) is 11.2 Å². The third kappa shape index (κ3) is 3.64. The van der Waals surface area contributed by atoms with E-state index in [9.17, 15) is 0 Å². The van der Waals surface area contributed by atoms with Crippen molar-refractivity contribution >= 4 is 43.7 Å². The quantitative estimate of drug-likeness (QED) is 0.202. The summed E-state index contributed by atoms with van der Waals surface area (Å²) in [7, 11) is 0. The molecule has 0 saturated heterocycles. The van der Waals surface area contributed by atoms with Crippen molar-refractivity contribution in [2.45, 2.75) is 19.3 Å². The van der Waals surface area contributed by atoms with Crippen molar-refractivity contribution < 1.29 is 4.42 Å². The molecule has 0 radical (unpaired) electrons. The van der Waals surface area contributed by atoms with Crippen molar-refractivity contribution in [3.05, 3.63) is 151 Å². The Morgan fingerprint density at radius 3 is 2.15 bits per heavy atom. The van der Waals surface area contributed by atoms with Crippen LogP contribution in [0.15, 0.2) is 144 Å². The topological polar surface area (TPSA) is 43.9 Å². The van der Waals surface area contributed by atoms with Crippen LogP contribution in [0.1, 0.15) is 25.0 Å². The predicted molar refractivity (Wildman–Crippen MR) is 192 cm³/mol. The van der Waals surface area contributed by atoms with Crippen LogP contribution in [0.3, 0.4) is 0 Å². The van der Waals surface area contributed by atoms with E-state index < -0.39 is 0 Å². The average Bonchev–Trinajstić information content (AvgIpc) is 3.74. The molecule has 10 rings (SSSR count). The molecule has 0 spiro atoms. The van der Waals surface area contributed by atoms with Crippen molar-refractivity contribution in [3.8, 4) is 39.6 Å². The van der Waals surface area contributed by atoms with Gasteiger partial charge >= 0.3 is 0 Å². The van der Waals surface area contributed by atoms with Gasteiger partial charge in [-0.2, -0.15) is 0 Å². The van der Waals surface area contributed by atoms with Crippen molar-refractivity contribution in [2.24, 2.45) is 0 Å². The summed E-state index contributed by atoms with van der Waals surface area (Å²) in [5, 5.41) is 4.64. The molecule has 3 aromatic heterocycles. The minimum absolute atomic E-state index is 0.158. The van der Waals surface area contributed by atoms with Gasteiger partial charge in [0, 0.05) is 38.1 Å². The smallest absolute Gasteiger partial charge is 0.235 e. The summed E-state index contributed by atoms with van der Waals surface area (Å²) in [5.41, 5.74) is 12.7. The van der Waals surface area contributed by atoms with Crippen LogP contribution in [0.2, 0.25) is 0 Å². The second kappa shape index (κ2) is 9.51. The Kier molecular flexibility index (Phi) is 5.31. The first-order valence-corrected chi connectivity index (χ1v) is 16.1. The predicted octanol–water partition coefficient (Wildman–Crippen LogP) is 11.1. The third-order valence-electron chi connectivity index (χ3n) is 10.0. The molecule has 0 fully saturated rings. The fraction of sp³-hybridized carbons (Fsp3) is 0.0698. The van der Waals surface area contributed by atoms with E-state index in [-0.39, 0.29) is 5.41 Å². The molecular formula is C43H29N3O. The number of para-hydroxylation sites is 3. The highest BCUT2D eigenvalue weighted by Gasteiger charge is 2.38. The lowest BCUT2D eigenvalue weighted by Crippen LogP contribution is -2.15. The fourth-order valence-electron chi connectivity index (χ4n) is 7.93. The zero-order valence-electron chi connectivity index (χ0n) is 26.0. The molecule has 0 bridgehead atoms. The normalized spacial score (nSPS) is 13.5. The molecule has 222 valence electrons. The van der Waals surface area contributed by atoms with Crippen molar-refractivity contribution in [2.75, 3.05) is 0 Å². The van der Waals surface area contributed by atoms with E-state index in [1.54, 1.807) is 0 Å². The first kappa shape index (κ1) is 26.2. The van der Waals surface area contributed by atoms with Gasteiger partial charge in [0.15, 0.2) is 0 Å². The summed E-state index contributed by atoms with van der Waals surface area (Å²) in [6.45, 7) is 4.70. The Hall–Kier alpha value is -6.00. The first-order valence-electron chi connectivity index (χ1n) is 16.1. The summed E-state index contributed by atoms with van der Waals surface area (Å²) in [6, 6.07) is 49.0. The van der Waals surface area contributed by atoms with E-state index in [0.717, 1.165) is 55.5 Å². The standard InChI is InChI=1S/C43H29N3O/c1-43(2)33-20-9-6-15-27(33)29-23-24-37-39(40(29)43)32-17-7-10-21-36(32)46(37)42-44-34(26-13-4-3-5-14-26)25-35(45-42)31-19-12-18-30-28-16-8-11-22-38(28)47-41(30)31/h3-25H,1-2H3. The Balaban J connectivity index is 1.30. The molecule has 3 heterocycles. The van der Waals surface area contributed by atoms with Crippen LogP contribution in [-0.2, 0) is 5.41 Å². The molecular weight excluding hydrogens is 574 g/mol. The molecule has 4 nitrogen and oxygen atoms in total. The van der Waals surface area contributed by atoms with E-state index in [1.807, 2.05) is 18.2 Å². The van der Waals surface area contributed by atoms with Crippen LogP contribution < -0.4 is 0 Å². The number of benzene rings is 6. The van der Waals surface area contributed by atoms with Gasteiger partial charge in [-0.15, -0.1) is 0 Å². The summed E-state index contributed by atoms with van der Waals surface area (Å²) >= 11 is 0. The fourth-order valence-corrected chi connectivity index (χ4v) is 7.93. The molecule has 6 aromatic carbocycles. The number of hydrogen-bond acceptors (Lipinski definition) is 3. The summed E-state index contributed by atoms with van der Waals surface area (Å²) in [5.74, 6) is 0.633. The Morgan fingerprint density at radius 2 is 1.26 bits per heavy atom. The highest BCUT2D eigenvalue weighted by atomic mass is 16.3. The van der Waals surface area contributed by atoms with Crippen molar-refractivity contribution in [3.63, 3.8) is 0 Å². The SMILES string of the molecule is CC1(C)c2ccccc2-c2ccc3c(c21)c1ccccc1n3-c1nc(-c2ccccc2)cc(-c2cccc3c2oc2ccccc23)n1. The maximum absolute atomic E-state index is 6.49. The monoisotopic (exact) mass is 603 g/mol. The first-order chi connectivity index (χ1) is 23.1. The van der Waals surface area contributed by atoms with E-state index >= 15 is 0 Å². The summed E-state index contributed by atoms with van der Waals surface area (Å²) < 4.78 is 8.74. The van der Waals surface area contributed by atoms with Gasteiger partial charge < -0.3 is 4.42 Å². The van der Waals surface area contributed by atoms with E-state index in [2.05, 4.69) is 140 Å². The third-order valence-corrected chi connectivity index (χ3v) is 10.0. The number of rotatable bonds is 3. The maximum Gasteiger partial charge on any atom is 0.235 e.